The third-order valence-corrected chi connectivity index (χ3v) is 7.08. The molecule has 5 nitrogen and oxygen atoms in total. The van der Waals surface area contributed by atoms with Crippen LogP contribution in [0.4, 0.5) is 13.2 Å². The molecule has 3 aromatic rings. The molecule has 0 radical (unpaired) electrons. The number of carbonyl (C=O) groups is 1. The van der Waals surface area contributed by atoms with Gasteiger partial charge in [-0.25, -0.2) is 13.2 Å². The minimum Gasteiger partial charge on any atom is -0.497 e. The molecule has 4 rings (SSSR count). The Bertz CT molecular complexity index is 1360. The quantitative estimate of drug-likeness (QED) is 0.377. The maximum Gasteiger partial charge on any atom is 0.308 e. The van der Waals surface area contributed by atoms with Crippen LogP contribution in [0.1, 0.15) is 36.6 Å². The molecule has 1 aromatic heterocycles. The highest BCUT2D eigenvalue weighted by atomic mass is 35.5. The number of carboxylic acid groups (broad SMARTS) is 1. The van der Waals surface area contributed by atoms with E-state index in [0.717, 1.165) is 18.2 Å². The van der Waals surface area contributed by atoms with Crippen LogP contribution < -0.4 is 4.74 Å². The molecule has 2 unspecified atom stereocenters. The lowest BCUT2D eigenvalue weighted by molar-refractivity contribution is -0.146. The zero-order valence-corrected chi connectivity index (χ0v) is 20.9. The fourth-order valence-corrected chi connectivity index (χ4v) is 5.06. The lowest BCUT2D eigenvalue weighted by atomic mass is 9.81. The molecule has 1 aliphatic heterocycles. The summed E-state index contributed by atoms with van der Waals surface area (Å²) < 4.78 is 47.9. The number of methoxy groups -OCH3 is 1. The third-order valence-electron chi connectivity index (χ3n) is 6.78. The largest absolute Gasteiger partial charge is 0.497 e. The van der Waals surface area contributed by atoms with Crippen molar-refractivity contribution in [3.05, 3.63) is 70.4 Å². The Hall–Kier alpha value is -3.28. The fourth-order valence-electron chi connectivity index (χ4n) is 4.79. The number of benzene rings is 2. The summed E-state index contributed by atoms with van der Waals surface area (Å²) in [4.78, 5) is 18.1. The van der Waals surface area contributed by atoms with Crippen molar-refractivity contribution < 1.29 is 27.8 Å². The van der Waals surface area contributed by atoms with E-state index in [1.54, 1.807) is 18.2 Å². The van der Waals surface area contributed by atoms with Gasteiger partial charge < -0.3 is 9.84 Å². The topological polar surface area (TPSA) is 62.7 Å². The highest BCUT2D eigenvalue weighted by Crippen LogP contribution is 2.38. The number of aliphatic carboxylic acids is 1. The smallest absolute Gasteiger partial charge is 0.308 e. The number of nitrogens with zero attached hydrogens (tertiary/aromatic N) is 2. The molecule has 0 amide bonds. The van der Waals surface area contributed by atoms with Crippen molar-refractivity contribution in [3.8, 4) is 17.6 Å². The Morgan fingerprint density at radius 2 is 2.11 bits per heavy atom. The summed E-state index contributed by atoms with van der Waals surface area (Å²) in [5, 5.41) is 10.6. The molecule has 37 heavy (non-hydrogen) atoms. The lowest BCUT2D eigenvalue weighted by Crippen LogP contribution is -2.44. The summed E-state index contributed by atoms with van der Waals surface area (Å²) in [5.74, 6) is 2.92. The van der Waals surface area contributed by atoms with Gasteiger partial charge in [0.25, 0.3) is 0 Å². The van der Waals surface area contributed by atoms with Crippen LogP contribution in [0.2, 0.25) is 5.02 Å². The average Bonchev–Trinajstić information content (AvgIpc) is 2.89. The van der Waals surface area contributed by atoms with Crippen LogP contribution in [-0.2, 0) is 4.79 Å². The van der Waals surface area contributed by atoms with Crippen LogP contribution in [0.15, 0.2) is 42.6 Å². The van der Waals surface area contributed by atoms with E-state index in [1.807, 2.05) is 4.90 Å². The number of piperidine rings is 1. The number of hydrogen-bond acceptors (Lipinski definition) is 4. The van der Waals surface area contributed by atoms with E-state index in [9.17, 15) is 18.7 Å². The molecule has 0 spiro atoms. The van der Waals surface area contributed by atoms with E-state index >= 15 is 4.39 Å². The van der Waals surface area contributed by atoms with Gasteiger partial charge in [0.2, 0.25) is 0 Å². The Morgan fingerprint density at radius 1 is 1.30 bits per heavy atom. The van der Waals surface area contributed by atoms with E-state index < -0.39 is 29.7 Å². The molecule has 0 aliphatic carbocycles. The van der Waals surface area contributed by atoms with Crippen LogP contribution in [0, 0.1) is 35.3 Å². The van der Waals surface area contributed by atoms with Crippen LogP contribution >= 0.6 is 11.6 Å². The van der Waals surface area contributed by atoms with Gasteiger partial charge in [0.15, 0.2) is 0 Å². The molecule has 2 aromatic carbocycles. The van der Waals surface area contributed by atoms with Crippen LogP contribution in [0.25, 0.3) is 10.9 Å². The van der Waals surface area contributed by atoms with E-state index in [2.05, 4.69) is 16.8 Å². The second-order valence-corrected chi connectivity index (χ2v) is 9.51. The Morgan fingerprint density at radius 3 is 2.86 bits per heavy atom. The molecule has 9 heteroatoms. The van der Waals surface area contributed by atoms with Crippen LogP contribution in [0.5, 0.6) is 5.75 Å². The van der Waals surface area contributed by atoms with Gasteiger partial charge in [-0.15, -0.1) is 0 Å². The molecule has 0 saturated carbocycles. The first-order valence-electron chi connectivity index (χ1n) is 11.9. The molecule has 3 atom stereocenters. The SMILES string of the molecule is COc1ccc2ncc(Cl)c([C@H](F)CCC3CCN(CC#Cc4cc(F)ccc4F)CC3C(=O)O)c2c1. The van der Waals surface area contributed by atoms with Crippen molar-refractivity contribution in [2.75, 3.05) is 26.7 Å². The Balaban J connectivity index is 1.41. The number of likely N-dealkylation sites (tertiary alicyclic amines) is 1. The highest BCUT2D eigenvalue weighted by Gasteiger charge is 2.34. The molecule has 1 fully saturated rings. The van der Waals surface area contributed by atoms with Gasteiger partial charge in [0, 0.05) is 23.7 Å². The zero-order valence-electron chi connectivity index (χ0n) is 20.2. The van der Waals surface area contributed by atoms with Crippen molar-refractivity contribution in [1.82, 2.24) is 9.88 Å². The minimum absolute atomic E-state index is 0.0430. The van der Waals surface area contributed by atoms with Crippen molar-refractivity contribution in [1.29, 1.82) is 0 Å². The first kappa shape index (κ1) is 26.8. The van der Waals surface area contributed by atoms with Crippen LogP contribution in [0.3, 0.4) is 0 Å². The second-order valence-electron chi connectivity index (χ2n) is 9.10. The number of pyridine rings is 1. The van der Waals surface area contributed by atoms with Crippen molar-refractivity contribution in [3.63, 3.8) is 0 Å². The lowest BCUT2D eigenvalue weighted by Gasteiger charge is -2.36. The molecular weight excluding hydrogens is 505 g/mol. The summed E-state index contributed by atoms with van der Waals surface area (Å²) in [6, 6.07) is 8.24. The monoisotopic (exact) mass is 530 g/mol. The number of carboxylic acids is 1. The first-order chi connectivity index (χ1) is 17.8. The predicted molar refractivity (Wildman–Crippen MR) is 135 cm³/mol. The number of halogens is 4. The fraction of sp³-hybridized carbons (Fsp3) is 0.357. The summed E-state index contributed by atoms with van der Waals surface area (Å²) in [6.45, 7) is 1.04. The number of aromatic nitrogens is 1. The molecule has 1 aliphatic rings. The third kappa shape index (κ3) is 6.35. The molecule has 2 heterocycles. The maximum absolute atomic E-state index is 15.5. The van der Waals surface area contributed by atoms with Gasteiger partial charge in [-0.05, 0) is 68.1 Å². The van der Waals surface area contributed by atoms with Crippen molar-refractivity contribution in [2.45, 2.75) is 25.4 Å². The summed E-state index contributed by atoms with van der Waals surface area (Å²) in [7, 11) is 1.52. The van der Waals surface area contributed by atoms with Crippen LogP contribution in [-0.4, -0.2) is 47.7 Å². The second kappa shape index (κ2) is 11.8. The number of alkyl halides is 1. The van der Waals surface area contributed by atoms with Gasteiger partial charge in [0.05, 0.1) is 35.7 Å². The van der Waals surface area contributed by atoms with E-state index in [0.29, 0.717) is 41.6 Å². The number of fused-ring (bicyclic) bond motifs is 1. The molecule has 0 bridgehead atoms. The molecule has 1 N–H and O–H groups in total. The van der Waals surface area contributed by atoms with E-state index in [1.165, 1.54) is 13.3 Å². The number of rotatable bonds is 7. The van der Waals surface area contributed by atoms with Gasteiger partial charge in [0.1, 0.15) is 23.6 Å². The van der Waals surface area contributed by atoms with Gasteiger partial charge in [-0.2, -0.15) is 0 Å². The first-order valence-corrected chi connectivity index (χ1v) is 12.3. The van der Waals surface area contributed by atoms with E-state index in [4.69, 9.17) is 16.3 Å². The summed E-state index contributed by atoms with van der Waals surface area (Å²) in [5.41, 5.74) is 0.882. The normalized spacial score (nSPS) is 18.7. The zero-order chi connectivity index (χ0) is 26.5. The Kier molecular flexibility index (Phi) is 8.57. The highest BCUT2D eigenvalue weighted by molar-refractivity contribution is 6.32. The van der Waals surface area contributed by atoms with Crippen molar-refractivity contribution >= 4 is 28.5 Å². The predicted octanol–water partition coefficient (Wildman–Crippen LogP) is 6.04. The summed E-state index contributed by atoms with van der Waals surface area (Å²) >= 11 is 6.32. The van der Waals surface area contributed by atoms with Gasteiger partial charge in [-0.3, -0.25) is 14.7 Å². The molecular formula is C28H26ClF3N2O3. The maximum atomic E-state index is 15.5. The standard InChI is InChI=1S/C28H26ClF3N2O3/c1-37-20-6-9-26-21(14-20)27(23(29)15-33-26)25(32)7-4-17-10-12-34(16-22(17)28(35)36)11-2-3-18-13-19(30)5-8-24(18)31/h5-6,8-9,13-15,17,22,25H,4,7,10-12,16H2,1H3,(H,35,36)/t17?,22?,25-/m1/s1. The molecule has 194 valence electrons. The minimum atomic E-state index is -1.40. The van der Waals surface area contributed by atoms with Gasteiger partial charge in [-0.1, -0.05) is 23.4 Å². The molecule has 1 saturated heterocycles. The number of ether oxygens (including phenoxy) is 1. The summed E-state index contributed by atoms with van der Waals surface area (Å²) in [6.07, 6.45) is 1.07. The number of hydrogen-bond donors (Lipinski definition) is 1. The van der Waals surface area contributed by atoms with Gasteiger partial charge >= 0.3 is 5.97 Å². The average molecular weight is 531 g/mol. The Labute approximate surface area is 218 Å². The van der Waals surface area contributed by atoms with E-state index in [-0.39, 0.29) is 36.0 Å². The van der Waals surface area contributed by atoms with Crippen molar-refractivity contribution in [2.24, 2.45) is 11.8 Å².